The summed E-state index contributed by atoms with van der Waals surface area (Å²) in [5, 5.41) is 11.9. The standard InChI is InChI=1S/C11H15FN2O3/c1-6(5-17-2)14-8-4-3-7(12)10(13)9(8)11(15)16/h3-4,6,14H,5,13H2,1-2H3,(H,15,16). The molecule has 0 radical (unpaired) electrons. The van der Waals surface area contributed by atoms with Crippen molar-refractivity contribution in [2.75, 3.05) is 24.8 Å². The van der Waals surface area contributed by atoms with Crippen LogP contribution >= 0.6 is 0 Å². The zero-order chi connectivity index (χ0) is 13.0. The van der Waals surface area contributed by atoms with Gasteiger partial charge in [-0.15, -0.1) is 0 Å². The van der Waals surface area contributed by atoms with E-state index in [1.165, 1.54) is 13.2 Å². The molecule has 0 aliphatic heterocycles. The topological polar surface area (TPSA) is 84.6 Å². The number of benzene rings is 1. The first kappa shape index (κ1) is 13.2. The Balaban J connectivity index is 3.07. The molecule has 1 aromatic rings. The van der Waals surface area contributed by atoms with Crippen LogP contribution in [0.25, 0.3) is 0 Å². The number of nitrogens with one attached hydrogen (secondary N) is 1. The molecule has 0 aromatic heterocycles. The monoisotopic (exact) mass is 242 g/mol. The number of halogens is 1. The van der Waals surface area contributed by atoms with E-state index in [-0.39, 0.29) is 23.0 Å². The smallest absolute Gasteiger partial charge is 0.340 e. The lowest BCUT2D eigenvalue weighted by atomic mass is 10.1. The molecule has 1 aromatic carbocycles. The number of rotatable bonds is 5. The Labute approximate surface area is 98.4 Å². The lowest BCUT2D eigenvalue weighted by molar-refractivity contribution is 0.0698. The van der Waals surface area contributed by atoms with E-state index in [0.717, 1.165) is 6.07 Å². The van der Waals surface area contributed by atoms with Gasteiger partial charge in [-0.2, -0.15) is 0 Å². The van der Waals surface area contributed by atoms with E-state index >= 15 is 0 Å². The predicted molar refractivity (Wildman–Crippen MR) is 62.7 cm³/mol. The number of carboxylic acid groups (broad SMARTS) is 1. The second-order valence-corrected chi connectivity index (χ2v) is 3.69. The molecule has 0 saturated heterocycles. The maximum absolute atomic E-state index is 13.2. The highest BCUT2D eigenvalue weighted by Crippen LogP contribution is 2.25. The second kappa shape index (κ2) is 5.49. The molecule has 0 spiro atoms. The summed E-state index contributed by atoms with van der Waals surface area (Å²) in [5.41, 5.74) is 5.06. The zero-order valence-corrected chi connectivity index (χ0v) is 9.66. The Kier molecular flexibility index (Phi) is 4.28. The number of carbonyl (C=O) groups is 1. The fourth-order valence-electron chi connectivity index (χ4n) is 1.50. The number of aromatic carboxylic acids is 1. The van der Waals surface area contributed by atoms with Crippen molar-refractivity contribution < 1.29 is 19.0 Å². The van der Waals surface area contributed by atoms with Crippen LogP contribution in [-0.4, -0.2) is 30.8 Å². The van der Waals surface area contributed by atoms with Crippen molar-refractivity contribution in [3.63, 3.8) is 0 Å². The van der Waals surface area contributed by atoms with Crippen LogP contribution in [0.2, 0.25) is 0 Å². The Morgan fingerprint density at radius 3 is 2.82 bits per heavy atom. The first-order valence-corrected chi connectivity index (χ1v) is 5.04. The Bertz CT molecular complexity index is 423. The number of ether oxygens (including phenoxy) is 1. The van der Waals surface area contributed by atoms with Crippen molar-refractivity contribution in [1.29, 1.82) is 0 Å². The number of nitrogens with two attached hydrogens (primary N) is 1. The van der Waals surface area contributed by atoms with Gasteiger partial charge in [0.15, 0.2) is 0 Å². The maximum atomic E-state index is 13.2. The predicted octanol–water partition coefficient (Wildman–Crippen LogP) is 1.55. The normalized spacial score (nSPS) is 12.2. The van der Waals surface area contributed by atoms with Gasteiger partial charge in [-0.1, -0.05) is 0 Å². The highest BCUT2D eigenvalue weighted by Gasteiger charge is 2.18. The van der Waals surface area contributed by atoms with Crippen LogP contribution in [-0.2, 0) is 4.74 Å². The molecule has 0 bridgehead atoms. The molecule has 0 aliphatic carbocycles. The molecule has 94 valence electrons. The Morgan fingerprint density at radius 2 is 2.29 bits per heavy atom. The molecular formula is C11H15FN2O3. The quantitative estimate of drug-likeness (QED) is 0.682. The average molecular weight is 242 g/mol. The maximum Gasteiger partial charge on any atom is 0.340 e. The first-order valence-electron chi connectivity index (χ1n) is 5.04. The van der Waals surface area contributed by atoms with Crippen molar-refractivity contribution in [3.05, 3.63) is 23.5 Å². The number of methoxy groups -OCH3 is 1. The molecule has 0 saturated carbocycles. The number of nitrogen functional groups attached to an aromatic ring is 1. The lowest BCUT2D eigenvalue weighted by Crippen LogP contribution is -2.23. The molecule has 5 nitrogen and oxygen atoms in total. The summed E-state index contributed by atoms with van der Waals surface area (Å²) in [5.74, 6) is -2.01. The van der Waals surface area contributed by atoms with Gasteiger partial charge in [0.05, 0.1) is 18.0 Å². The lowest BCUT2D eigenvalue weighted by Gasteiger charge is -2.17. The summed E-state index contributed by atoms with van der Waals surface area (Å²) in [4.78, 5) is 11.0. The van der Waals surface area contributed by atoms with Crippen LogP contribution in [0.5, 0.6) is 0 Å². The van der Waals surface area contributed by atoms with Crippen LogP contribution in [0.1, 0.15) is 17.3 Å². The summed E-state index contributed by atoms with van der Waals surface area (Å²) in [7, 11) is 1.54. The second-order valence-electron chi connectivity index (χ2n) is 3.69. The van der Waals surface area contributed by atoms with E-state index in [9.17, 15) is 9.18 Å². The number of hydrogen-bond donors (Lipinski definition) is 3. The number of hydrogen-bond acceptors (Lipinski definition) is 4. The molecule has 4 N–H and O–H groups in total. The highest BCUT2D eigenvalue weighted by molar-refractivity contribution is 6.00. The van der Waals surface area contributed by atoms with E-state index in [1.54, 1.807) is 0 Å². The molecule has 0 aliphatic rings. The minimum atomic E-state index is -1.27. The van der Waals surface area contributed by atoms with Crippen molar-refractivity contribution >= 4 is 17.3 Å². The molecular weight excluding hydrogens is 227 g/mol. The van der Waals surface area contributed by atoms with Crippen LogP contribution < -0.4 is 11.1 Å². The van der Waals surface area contributed by atoms with E-state index in [1.807, 2.05) is 6.92 Å². The molecule has 1 rings (SSSR count). The van der Waals surface area contributed by atoms with Gasteiger partial charge in [-0.25, -0.2) is 9.18 Å². The molecule has 0 heterocycles. The molecule has 17 heavy (non-hydrogen) atoms. The van der Waals surface area contributed by atoms with Crippen LogP contribution in [0.4, 0.5) is 15.8 Å². The van der Waals surface area contributed by atoms with Crippen molar-refractivity contribution in [2.45, 2.75) is 13.0 Å². The largest absolute Gasteiger partial charge is 0.478 e. The Hall–Kier alpha value is -1.82. The van der Waals surface area contributed by atoms with Crippen LogP contribution in [0, 0.1) is 5.82 Å². The van der Waals surface area contributed by atoms with Gasteiger partial charge in [0.1, 0.15) is 11.4 Å². The molecule has 6 heteroatoms. The molecule has 0 fully saturated rings. The van der Waals surface area contributed by atoms with Gasteiger partial charge < -0.3 is 20.9 Å². The van der Waals surface area contributed by atoms with Crippen molar-refractivity contribution in [1.82, 2.24) is 0 Å². The van der Waals surface area contributed by atoms with Gasteiger partial charge in [0, 0.05) is 13.2 Å². The van der Waals surface area contributed by atoms with E-state index in [0.29, 0.717) is 6.61 Å². The van der Waals surface area contributed by atoms with E-state index in [2.05, 4.69) is 5.32 Å². The Morgan fingerprint density at radius 1 is 1.65 bits per heavy atom. The summed E-state index contributed by atoms with van der Waals surface area (Å²) in [6.45, 7) is 2.21. The summed E-state index contributed by atoms with van der Waals surface area (Å²) < 4.78 is 18.1. The molecule has 0 amide bonds. The van der Waals surface area contributed by atoms with Crippen LogP contribution in [0.3, 0.4) is 0 Å². The fraction of sp³-hybridized carbons (Fsp3) is 0.364. The SMILES string of the molecule is COCC(C)Nc1ccc(F)c(N)c1C(=O)O. The average Bonchev–Trinajstić information content (AvgIpc) is 2.23. The summed E-state index contributed by atoms with van der Waals surface area (Å²) >= 11 is 0. The van der Waals surface area contributed by atoms with E-state index in [4.69, 9.17) is 15.6 Å². The minimum absolute atomic E-state index is 0.108. The number of carboxylic acids is 1. The number of anilines is 2. The summed E-state index contributed by atoms with van der Waals surface area (Å²) in [6.07, 6.45) is 0. The zero-order valence-electron chi connectivity index (χ0n) is 9.66. The fourth-order valence-corrected chi connectivity index (χ4v) is 1.50. The van der Waals surface area contributed by atoms with Gasteiger partial charge in [-0.3, -0.25) is 0 Å². The van der Waals surface area contributed by atoms with Gasteiger partial charge in [-0.05, 0) is 19.1 Å². The molecule has 1 atom stereocenters. The van der Waals surface area contributed by atoms with Gasteiger partial charge in [0.2, 0.25) is 0 Å². The third-order valence-electron chi connectivity index (χ3n) is 2.22. The van der Waals surface area contributed by atoms with Crippen molar-refractivity contribution in [2.24, 2.45) is 0 Å². The first-order chi connectivity index (χ1) is 7.97. The van der Waals surface area contributed by atoms with E-state index < -0.39 is 11.8 Å². The van der Waals surface area contributed by atoms with Crippen LogP contribution in [0.15, 0.2) is 12.1 Å². The third kappa shape index (κ3) is 3.07. The van der Waals surface area contributed by atoms with Gasteiger partial charge >= 0.3 is 5.97 Å². The highest BCUT2D eigenvalue weighted by atomic mass is 19.1. The third-order valence-corrected chi connectivity index (χ3v) is 2.22. The minimum Gasteiger partial charge on any atom is -0.478 e. The molecule has 1 unspecified atom stereocenters. The van der Waals surface area contributed by atoms with Gasteiger partial charge in [0.25, 0.3) is 0 Å². The summed E-state index contributed by atoms with van der Waals surface area (Å²) in [6, 6.07) is 2.37. The van der Waals surface area contributed by atoms with Crippen molar-refractivity contribution in [3.8, 4) is 0 Å².